The van der Waals surface area contributed by atoms with Gasteiger partial charge in [0.15, 0.2) is 0 Å². The largest absolute Gasteiger partial charge is 0.292 e. The van der Waals surface area contributed by atoms with Crippen molar-refractivity contribution in [2.45, 2.75) is 46.1 Å². The van der Waals surface area contributed by atoms with E-state index in [0.29, 0.717) is 5.52 Å². The molecule has 0 atom stereocenters. The summed E-state index contributed by atoms with van der Waals surface area (Å²) in [5.74, 6) is 0.261. The quantitative estimate of drug-likeness (QED) is 0.775. The van der Waals surface area contributed by atoms with E-state index in [0.717, 1.165) is 11.1 Å². The zero-order chi connectivity index (χ0) is 13.7. The van der Waals surface area contributed by atoms with Crippen molar-refractivity contribution in [1.82, 2.24) is 19.6 Å². The highest BCUT2D eigenvalue weighted by Crippen LogP contribution is 2.24. The van der Waals surface area contributed by atoms with E-state index in [1.54, 1.807) is 17.9 Å². The molecule has 2 aromatic rings. The number of aryl methyl sites for hydroxylation is 1. The standard InChI is InChI=1S/C13H20N4O/c1-8(2)10-9-7-14-17(13(3,4)5)11(9)12(18)16(6)15-10/h7-8H,1-6H3. The van der Waals surface area contributed by atoms with Crippen LogP contribution in [0.1, 0.15) is 46.2 Å². The number of rotatable bonds is 1. The van der Waals surface area contributed by atoms with Crippen molar-refractivity contribution in [3.63, 3.8) is 0 Å². The minimum absolute atomic E-state index is 0.0955. The van der Waals surface area contributed by atoms with Gasteiger partial charge in [0.2, 0.25) is 0 Å². The van der Waals surface area contributed by atoms with Gasteiger partial charge in [0, 0.05) is 12.4 Å². The van der Waals surface area contributed by atoms with Gasteiger partial charge in [-0.2, -0.15) is 10.2 Å². The number of aromatic nitrogens is 4. The molecule has 0 saturated heterocycles. The van der Waals surface area contributed by atoms with Gasteiger partial charge >= 0.3 is 0 Å². The topological polar surface area (TPSA) is 52.7 Å². The Balaban J connectivity index is 2.94. The van der Waals surface area contributed by atoms with E-state index >= 15 is 0 Å². The normalized spacial score (nSPS) is 12.6. The monoisotopic (exact) mass is 248 g/mol. The maximum absolute atomic E-state index is 12.3. The Kier molecular flexibility index (Phi) is 2.80. The lowest BCUT2D eigenvalue weighted by molar-refractivity contribution is 0.366. The fourth-order valence-electron chi connectivity index (χ4n) is 2.09. The summed E-state index contributed by atoms with van der Waals surface area (Å²) in [6, 6.07) is 0. The van der Waals surface area contributed by atoms with Crippen LogP contribution in [0.25, 0.3) is 10.9 Å². The minimum Gasteiger partial charge on any atom is -0.265 e. The number of nitrogens with zero attached hydrogens (tertiary/aromatic N) is 4. The molecule has 0 N–H and O–H groups in total. The van der Waals surface area contributed by atoms with E-state index in [4.69, 9.17) is 0 Å². The Morgan fingerprint density at radius 3 is 2.39 bits per heavy atom. The Morgan fingerprint density at radius 2 is 1.89 bits per heavy atom. The second-order valence-corrected chi connectivity index (χ2v) is 5.96. The summed E-state index contributed by atoms with van der Waals surface area (Å²) in [5, 5.41) is 9.59. The fraction of sp³-hybridized carbons (Fsp3) is 0.615. The van der Waals surface area contributed by atoms with Gasteiger partial charge in [0.25, 0.3) is 5.56 Å². The third-order valence-corrected chi connectivity index (χ3v) is 2.98. The van der Waals surface area contributed by atoms with Gasteiger partial charge in [-0.1, -0.05) is 13.8 Å². The van der Waals surface area contributed by atoms with Crippen molar-refractivity contribution in [3.05, 3.63) is 22.2 Å². The lowest BCUT2D eigenvalue weighted by Crippen LogP contribution is -2.29. The molecule has 0 aliphatic carbocycles. The SMILES string of the molecule is CC(C)c1nn(C)c(=O)c2c1cnn2C(C)(C)C. The molecule has 98 valence electrons. The van der Waals surface area contributed by atoms with Crippen LogP contribution in [0, 0.1) is 0 Å². The highest BCUT2D eigenvalue weighted by molar-refractivity contribution is 5.80. The Bertz CT molecular complexity index is 643. The maximum Gasteiger partial charge on any atom is 0.292 e. The average molecular weight is 248 g/mol. The molecule has 0 fully saturated rings. The first-order valence-corrected chi connectivity index (χ1v) is 6.19. The van der Waals surface area contributed by atoms with E-state index in [2.05, 4.69) is 24.0 Å². The molecule has 0 amide bonds. The van der Waals surface area contributed by atoms with Crippen LogP contribution >= 0.6 is 0 Å². The summed E-state index contributed by atoms with van der Waals surface area (Å²) in [5.41, 5.74) is 1.25. The molecule has 5 nitrogen and oxygen atoms in total. The zero-order valence-corrected chi connectivity index (χ0v) is 11.9. The van der Waals surface area contributed by atoms with Crippen LogP contribution in [-0.2, 0) is 12.6 Å². The van der Waals surface area contributed by atoms with Gasteiger partial charge < -0.3 is 0 Å². The van der Waals surface area contributed by atoms with E-state index in [1.165, 1.54) is 4.68 Å². The molecule has 2 rings (SSSR count). The van der Waals surface area contributed by atoms with E-state index < -0.39 is 0 Å². The maximum atomic E-state index is 12.3. The number of fused-ring (bicyclic) bond motifs is 1. The highest BCUT2D eigenvalue weighted by atomic mass is 16.1. The fourth-order valence-corrected chi connectivity index (χ4v) is 2.09. The van der Waals surface area contributed by atoms with Crippen molar-refractivity contribution < 1.29 is 0 Å². The van der Waals surface area contributed by atoms with Gasteiger partial charge in [-0.3, -0.25) is 9.48 Å². The molecule has 0 radical (unpaired) electrons. The Morgan fingerprint density at radius 1 is 1.28 bits per heavy atom. The second-order valence-electron chi connectivity index (χ2n) is 5.96. The first-order valence-electron chi connectivity index (χ1n) is 6.19. The van der Waals surface area contributed by atoms with Crippen molar-refractivity contribution >= 4 is 10.9 Å². The van der Waals surface area contributed by atoms with E-state index in [-0.39, 0.29) is 17.0 Å². The predicted octanol–water partition coefficient (Wildman–Crippen LogP) is 2.01. The second kappa shape index (κ2) is 3.93. The van der Waals surface area contributed by atoms with Crippen LogP contribution in [0.5, 0.6) is 0 Å². The summed E-state index contributed by atoms with van der Waals surface area (Å²) in [6.07, 6.45) is 1.75. The van der Waals surface area contributed by atoms with Crippen LogP contribution in [0.15, 0.2) is 11.0 Å². The van der Waals surface area contributed by atoms with Crippen LogP contribution in [0.4, 0.5) is 0 Å². The molecule has 2 aromatic heterocycles. The van der Waals surface area contributed by atoms with Crippen molar-refractivity contribution in [3.8, 4) is 0 Å². The molecule has 0 aromatic carbocycles. The lowest BCUT2D eigenvalue weighted by Gasteiger charge is -2.20. The zero-order valence-electron chi connectivity index (χ0n) is 11.9. The predicted molar refractivity (Wildman–Crippen MR) is 71.9 cm³/mol. The van der Waals surface area contributed by atoms with E-state index in [1.807, 2.05) is 20.8 Å². The van der Waals surface area contributed by atoms with Gasteiger partial charge in [-0.05, 0) is 26.7 Å². The van der Waals surface area contributed by atoms with Crippen LogP contribution in [0.2, 0.25) is 0 Å². The summed E-state index contributed by atoms with van der Waals surface area (Å²) in [7, 11) is 1.69. The first kappa shape index (κ1) is 12.8. The average Bonchev–Trinajstić information content (AvgIpc) is 2.66. The first-order chi connectivity index (χ1) is 8.23. The van der Waals surface area contributed by atoms with Gasteiger partial charge in [0.1, 0.15) is 5.52 Å². The summed E-state index contributed by atoms with van der Waals surface area (Å²) < 4.78 is 3.19. The van der Waals surface area contributed by atoms with Crippen LogP contribution in [0.3, 0.4) is 0 Å². The van der Waals surface area contributed by atoms with Gasteiger partial charge in [-0.25, -0.2) is 4.68 Å². The Labute approximate surface area is 106 Å². The third-order valence-electron chi connectivity index (χ3n) is 2.98. The molecule has 0 spiro atoms. The molecule has 18 heavy (non-hydrogen) atoms. The summed E-state index contributed by atoms with van der Waals surface area (Å²) >= 11 is 0. The molecule has 2 heterocycles. The smallest absolute Gasteiger partial charge is 0.265 e. The van der Waals surface area contributed by atoms with Crippen molar-refractivity contribution in [2.24, 2.45) is 7.05 Å². The van der Waals surface area contributed by atoms with E-state index in [9.17, 15) is 4.79 Å². The van der Waals surface area contributed by atoms with Crippen molar-refractivity contribution in [2.75, 3.05) is 0 Å². The lowest BCUT2D eigenvalue weighted by atomic mass is 10.1. The van der Waals surface area contributed by atoms with Gasteiger partial charge in [0.05, 0.1) is 17.4 Å². The molecule has 0 aliphatic heterocycles. The summed E-state index contributed by atoms with van der Waals surface area (Å²) in [4.78, 5) is 12.3. The number of hydrogen-bond donors (Lipinski definition) is 0. The van der Waals surface area contributed by atoms with Crippen molar-refractivity contribution in [1.29, 1.82) is 0 Å². The highest BCUT2D eigenvalue weighted by Gasteiger charge is 2.22. The summed E-state index contributed by atoms with van der Waals surface area (Å²) in [6.45, 7) is 10.2. The van der Waals surface area contributed by atoms with Gasteiger partial charge in [-0.15, -0.1) is 0 Å². The van der Waals surface area contributed by atoms with Crippen LogP contribution < -0.4 is 5.56 Å². The molecule has 0 saturated carbocycles. The van der Waals surface area contributed by atoms with Crippen LogP contribution in [-0.4, -0.2) is 19.6 Å². The minimum atomic E-state index is -0.219. The molecular weight excluding hydrogens is 228 g/mol. The molecule has 5 heteroatoms. The molecule has 0 aliphatic rings. The molecular formula is C13H20N4O. The molecule has 0 bridgehead atoms. The Hall–Kier alpha value is -1.65. The third kappa shape index (κ3) is 1.83. The molecule has 0 unspecified atom stereocenters. The number of hydrogen-bond acceptors (Lipinski definition) is 3.